The van der Waals surface area contributed by atoms with Crippen LogP contribution in [0.2, 0.25) is 0 Å². The lowest BCUT2D eigenvalue weighted by molar-refractivity contribution is -0.158. The highest BCUT2D eigenvalue weighted by atomic mass is 16.5. The van der Waals surface area contributed by atoms with Crippen LogP contribution in [0.15, 0.2) is 54.6 Å². The van der Waals surface area contributed by atoms with Crippen molar-refractivity contribution < 1.29 is 14.9 Å². The van der Waals surface area contributed by atoms with Gasteiger partial charge in [-0.15, -0.1) is 0 Å². The molecule has 0 aliphatic carbocycles. The summed E-state index contributed by atoms with van der Waals surface area (Å²) in [6.07, 6.45) is -0.526. The van der Waals surface area contributed by atoms with Gasteiger partial charge in [0.05, 0.1) is 13.2 Å². The predicted octanol–water partition coefficient (Wildman–Crippen LogP) is 2.30. The maximum absolute atomic E-state index is 10.9. The zero-order chi connectivity index (χ0) is 17.0. The largest absolute Gasteiger partial charge is 0.386 e. The zero-order valence-corrected chi connectivity index (χ0v) is 14.1. The third-order valence-corrected chi connectivity index (χ3v) is 4.60. The molecule has 2 atom stereocenters. The fraction of sp³-hybridized carbons (Fsp3) is 0.400. The first-order chi connectivity index (χ1) is 11.6. The average molecular weight is 327 g/mol. The van der Waals surface area contributed by atoms with Gasteiger partial charge in [0.2, 0.25) is 0 Å². The molecule has 0 aromatic heterocycles. The van der Waals surface area contributed by atoms with Crippen LogP contribution in [0.25, 0.3) is 11.1 Å². The third kappa shape index (κ3) is 3.84. The van der Waals surface area contributed by atoms with E-state index in [0.717, 1.165) is 16.7 Å². The molecule has 128 valence electrons. The molecule has 24 heavy (non-hydrogen) atoms. The minimum absolute atomic E-state index is 0.386. The van der Waals surface area contributed by atoms with Crippen molar-refractivity contribution in [3.05, 3.63) is 60.2 Å². The Balaban J connectivity index is 1.82. The second-order valence-corrected chi connectivity index (χ2v) is 6.58. The van der Waals surface area contributed by atoms with Gasteiger partial charge in [0, 0.05) is 19.5 Å². The molecule has 2 unspecified atom stereocenters. The normalized spacial score (nSPS) is 19.6. The maximum atomic E-state index is 10.9. The fourth-order valence-electron chi connectivity index (χ4n) is 3.27. The van der Waals surface area contributed by atoms with Gasteiger partial charge in [-0.3, -0.25) is 4.90 Å². The highest BCUT2D eigenvalue weighted by Gasteiger charge is 2.36. The minimum atomic E-state index is -1.23. The summed E-state index contributed by atoms with van der Waals surface area (Å²) in [4.78, 5) is 1.88. The van der Waals surface area contributed by atoms with Crippen LogP contribution in [0, 0.1) is 0 Å². The Kier molecular flexibility index (Phi) is 5.31. The average Bonchev–Trinajstić information content (AvgIpc) is 2.63. The molecule has 1 aliphatic rings. The number of hydrogen-bond acceptors (Lipinski definition) is 4. The molecule has 1 saturated heterocycles. The lowest BCUT2D eigenvalue weighted by Gasteiger charge is -2.39. The first-order valence-electron chi connectivity index (χ1n) is 8.43. The number of morpholine rings is 1. The second kappa shape index (κ2) is 7.45. The summed E-state index contributed by atoms with van der Waals surface area (Å²) in [5, 5.41) is 21.6. The summed E-state index contributed by atoms with van der Waals surface area (Å²) >= 11 is 0. The van der Waals surface area contributed by atoms with Gasteiger partial charge in [-0.1, -0.05) is 54.6 Å². The number of aliphatic hydroxyl groups excluding tert-OH is 1. The summed E-state index contributed by atoms with van der Waals surface area (Å²) < 4.78 is 5.32. The molecule has 2 aromatic rings. The lowest BCUT2D eigenvalue weighted by Crippen LogP contribution is -2.55. The number of rotatable bonds is 5. The first kappa shape index (κ1) is 17.1. The molecule has 2 N–H and O–H groups in total. The van der Waals surface area contributed by atoms with Crippen molar-refractivity contribution in [2.75, 3.05) is 26.3 Å². The Morgan fingerprint density at radius 1 is 1.04 bits per heavy atom. The van der Waals surface area contributed by atoms with Crippen molar-refractivity contribution >= 4 is 0 Å². The van der Waals surface area contributed by atoms with Gasteiger partial charge in [0.15, 0.2) is 0 Å². The third-order valence-electron chi connectivity index (χ3n) is 4.60. The van der Waals surface area contributed by atoms with Crippen LogP contribution in [0.1, 0.15) is 12.5 Å². The quantitative estimate of drug-likeness (QED) is 0.885. The molecule has 1 fully saturated rings. The van der Waals surface area contributed by atoms with E-state index in [0.29, 0.717) is 32.7 Å². The molecule has 4 heteroatoms. The Morgan fingerprint density at radius 2 is 1.67 bits per heavy atom. The molecule has 4 nitrogen and oxygen atoms in total. The molecule has 2 aromatic carbocycles. The second-order valence-electron chi connectivity index (χ2n) is 6.58. The topological polar surface area (TPSA) is 52.9 Å². The van der Waals surface area contributed by atoms with Crippen LogP contribution in [-0.4, -0.2) is 53.2 Å². The first-order valence-corrected chi connectivity index (χ1v) is 8.43. The lowest BCUT2D eigenvalue weighted by atomic mass is 9.89. The molecule has 0 radical (unpaired) electrons. The van der Waals surface area contributed by atoms with Crippen LogP contribution in [0.3, 0.4) is 0 Å². The molecule has 0 amide bonds. The van der Waals surface area contributed by atoms with E-state index in [9.17, 15) is 10.2 Å². The fourth-order valence-corrected chi connectivity index (χ4v) is 3.27. The standard InChI is InChI=1S/C20H25NO3/c1-20(23,19(22)21-11-13-24-14-12-21)15-17-9-5-6-10-18(17)16-7-3-2-4-8-16/h2-10,19,22-23H,11-15H2,1H3. The number of benzene rings is 2. The van der Waals surface area contributed by atoms with Crippen LogP contribution in [0.4, 0.5) is 0 Å². The Labute approximate surface area is 143 Å². The molecule has 1 aliphatic heterocycles. The van der Waals surface area contributed by atoms with Crippen molar-refractivity contribution in [2.24, 2.45) is 0 Å². The van der Waals surface area contributed by atoms with Crippen molar-refractivity contribution in [2.45, 2.75) is 25.2 Å². The van der Waals surface area contributed by atoms with Crippen molar-refractivity contribution in [1.82, 2.24) is 4.90 Å². The summed E-state index contributed by atoms with van der Waals surface area (Å²) in [6.45, 7) is 4.16. The maximum Gasteiger partial charge on any atom is 0.136 e. The van der Waals surface area contributed by atoms with Gasteiger partial charge in [-0.25, -0.2) is 0 Å². The highest BCUT2D eigenvalue weighted by Crippen LogP contribution is 2.28. The van der Waals surface area contributed by atoms with Crippen molar-refractivity contribution in [1.29, 1.82) is 0 Å². The Bertz CT molecular complexity index is 651. The van der Waals surface area contributed by atoms with Crippen LogP contribution in [-0.2, 0) is 11.2 Å². The monoisotopic (exact) mass is 327 g/mol. The van der Waals surface area contributed by atoms with Crippen molar-refractivity contribution in [3.63, 3.8) is 0 Å². The molecule has 0 bridgehead atoms. The molecular weight excluding hydrogens is 302 g/mol. The van der Waals surface area contributed by atoms with Crippen LogP contribution >= 0.6 is 0 Å². The van der Waals surface area contributed by atoms with Gasteiger partial charge in [0.25, 0.3) is 0 Å². The smallest absolute Gasteiger partial charge is 0.136 e. The summed E-state index contributed by atoms with van der Waals surface area (Å²) in [5.74, 6) is 0. The summed E-state index contributed by atoms with van der Waals surface area (Å²) in [6, 6.07) is 18.2. The van der Waals surface area contributed by atoms with E-state index in [1.165, 1.54) is 0 Å². The summed E-state index contributed by atoms with van der Waals surface area (Å²) in [7, 11) is 0. The minimum Gasteiger partial charge on any atom is -0.386 e. The van der Waals surface area contributed by atoms with Gasteiger partial charge >= 0.3 is 0 Å². The van der Waals surface area contributed by atoms with E-state index < -0.39 is 11.8 Å². The molecule has 1 heterocycles. The van der Waals surface area contributed by atoms with E-state index in [4.69, 9.17) is 4.74 Å². The SMILES string of the molecule is CC(O)(Cc1ccccc1-c1ccccc1)C(O)N1CCOCC1. The predicted molar refractivity (Wildman–Crippen MR) is 94.6 cm³/mol. The van der Waals surface area contributed by atoms with E-state index in [1.54, 1.807) is 6.92 Å². The Morgan fingerprint density at radius 3 is 2.38 bits per heavy atom. The number of hydrogen-bond donors (Lipinski definition) is 2. The van der Waals surface area contributed by atoms with Gasteiger partial charge in [-0.2, -0.15) is 0 Å². The van der Waals surface area contributed by atoms with Gasteiger partial charge in [0.1, 0.15) is 11.8 Å². The number of aliphatic hydroxyl groups is 2. The summed E-state index contributed by atoms with van der Waals surface area (Å²) in [5.41, 5.74) is 2.00. The molecular formula is C20H25NO3. The van der Waals surface area contributed by atoms with E-state index in [1.807, 2.05) is 41.3 Å². The molecule has 0 saturated carbocycles. The number of nitrogens with zero attached hydrogens (tertiary/aromatic N) is 1. The van der Waals surface area contributed by atoms with Gasteiger partial charge < -0.3 is 14.9 Å². The van der Waals surface area contributed by atoms with Gasteiger partial charge in [-0.05, 0) is 23.6 Å². The highest BCUT2D eigenvalue weighted by molar-refractivity contribution is 5.67. The zero-order valence-electron chi connectivity index (χ0n) is 14.1. The van der Waals surface area contributed by atoms with Crippen LogP contribution < -0.4 is 0 Å². The molecule has 0 spiro atoms. The van der Waals surface area contributed by atoms with E-state index in [-0.39, 0.29) is 0 Å². The molecule has 3 rings (SSSR count). The van der Waals surface area contributed by atoms with Crippen molar-refractivity contribution in [3.8, 4) is 11.1 Å². The Hall–Kier alpha value is -1.72. The van der Waals surface area contributed by atoms with E-state index in [2.05, 4.69) is 18.2 Å². The number of ether oxygens (including phenoxy) is 1. The van der Waals surface area contributed by atoms with E-state index >= 15 is 0 Å². The van der Waals surface area contributed by atoms with Crippen LogP contribution in [0.5, 0.6) is 0 Å².